The van der Waals surface area contributed by atoms with Gasteiger partial charge in [-0.25, -0.2) is 0 Å². The molecule has 1 heterocycles. The second-order valence-electron chi connectivity index (χ2n) is 7.01. The maximum Gasteiger partial charge on any atom is 0.223 e. The summed E-state index contributed by atoms with van der Waals surface area (Å²) < 4.78 is 0. The molecule has 1 aliphatic heterocycles. The van der Waals surface area contributed by atoms with E-state index in [1.165, 1.54) is 29.2 Å². The first-order valence-electron chi connectivity index (χ1n) is 8.78. The van der Waals surface area contributed by atoms with Crippen molar-refractivity contribution in [2.45, 2.75) is 25.2 Å². The second kappa shape index (κ2) is 7.54. The third kappa shape index (κ3) is 3.73. The number of fused-ring (bicyclic) bond motifs is 1. The van der Waals surface area contributed by atoms with Gasteiger partial charge in [-0.2, -0.15) is 0 Å². The highest BCUT2D eigenvalue weighted by atomic mass is 35.5. The second-order valence-corrected chi connectivity index (χ2v) is 7.01. The summed E-state index contributed by atoms with van der Waals surface area (Å²) in [7, 11) is 0. The molecule has 1 aliphatic carbocycles. The van der Waals surface area contributed by atoms with Crippen molar-refractivity contribution < 1.29 is 4.79 Å². The van der Waals surface area contributed by atoms with E-state index in [-0.39, 0.29) is 24.2 Å². The Balaban J connectivity index is 0.00000169. The molecule has 4 heteroatoms. The largest absolute Gasteiger partial charge is 0.356 e. The van der Waals surface area contributed by atoms with Gasteiger partial charge in [0.1, 0.15) is 0 Å². The van der Waals surface area contributed by atoms with Crippen LogP contribution in [0.25, 0.3) is 10.8 Å². The van der Waals surface area contributed by atoms with E-state index in [0.29, 0.717) is 11.8 Å². The first-order chi connectivity index (χ1) is 11.3. The minimum absolute atomic E-state index is 0. The Morgan fingerprint density at radius 1 is 1.17 bits per heavy atom. The number of carbonyl (C=O) groups is 1. The number of carbonyl (C=O) groups excluding carboxylic acids is 1. The lowest BCUT2D eigenvalue weighted by atomic mass is 9.99. The summed E-state index contributed by atoms with van der Waals surface area (Å²) in [4.78, 5) is 12.4. The van der Waals surface area contributed by atoms with Crippen molar-refractivity contribution in [2.75, 3.05) is 19.6 Å². The van der Waals surface area contributed by atoms with Gasteiger partial charge in [0.05, 0.1) is 0 Å². The summed E-state index contributed by atoms with van der Waals surface area (Å²) in [6.07, 6.45) is 3.45. The molecule has 0 spiro atoms. The van der Waals surface area contributed by atoms with Crippen LogP contribution in [0.2, 0.25) is 0 Å². The van der Waals surface area contributed by atoms with Gasteiger partial charge in [-0.3, -0.25) is 4.79 Å². The molecule has 2 N–H and O–H groups in total. The topological polar surface area (TPSA) is 41.1 Å². The number of nitrogens with one attached hydrogen (secondary N) is 2. The van der Waals surface area contributed by atoms with E-state index in [4.69, 9.17) is 0 Å². The molecule has 1 saturated heterocycles. The molecule has 3 nitrogen and oxygen atoms in total. The summed E-state index contributed by atoms with van der Waals surface area (Å²) in [5.74, 6) is 1.43. The van der Waals surface area contributed by atoms with Gasteiger partial charge in [0.2, 0.25) is 5.91 Å². The van der Waals surface area contributed by atoms with Crippen molar-refractivity contribution in [3.8, 4) is 0 Å². The monoisotopic (exact) mass is 344 g/mol. The molecular formula is C20H25ClN2O. The van der Waals surface area contributed by atoms with Crippen LogP contribution in [-0.4, -0.2) is 25.5 Å². The molecule has 3 unspecified atom stereocenters. The number of amides is 1. The first-order valence-corrected chi connectivity index (χ1v) is 8.78. The molecule has 4 rings (SSSR count). The molecule has 2 aliphatic rings. The minimum Gasteiger partial charge on any atom is -0.356 e. The average molecular weight is 345 g/mol. The lowest BCUT2D eigenvalue weighted by molar-refractivity contribution is -0.122. The average Bonchev–Trinajstić information content (AvgIpc) is 3.41. The Bertz CT molecular complexity index is 712. The van der Waals surface area contributed by atoms with Crippen LogP contribution in [0.4, 0.5) is 0 Å². The normalized spacial score (nSPS) is 25.8. The maximum absolute atomic E-state index is 12.4. The molecule has 0 radical (unpaired) electrons. The fraction of sp³-hybridized carbons (Fsp3) is 0.450. The SMILES string of the molecule is Cl.O=C(NCC1CCCNC1)C1CC1c1ccc2ccccc2c1. The Morgan fingerprint density at radius 2 is 2.00 bits per heavy atom. The Morgan fingerprint density at radius 3 is 2.79 bits per heavy atom. The highest BCUT2D eigenvalue weighted by Crippen LogP contribution is 2.48. The molecule has 24 heavy (non-hydrogen) atoms. The van der Waals surface area contributed by atoms with Crippen LogP contribution in [0.15, 0.2) is 42.5 Å². The van der Waals surface area contributed by atoms with Crippen molar-refractivity contribution >= 4 is 29.1 Å². The van der Waals surface area contributed by atoms with Crippen LogP contribution >= 0.6 is 12.4 Å². The molecule has 0 aromatic heterocycles. The molecule has 2 fully saturated rings. The molecule has 128 valence electrons. The summed E-state index contributed by atoms with van der Waals surface area (Å²) in [5, 5.41) is 9.11. The maximum atomic E-state index is 12.4. The van der Waals surface area contributed by atoms with E-state index in [1.807, 2.05) is 0 Å². The zero-order valence-electron chi connectivity index (χ0n) is 13.8. The first kappa shape index (κ1) is 17.2. The third-order valence-electron chi connectivity index (χ3n) is 5.29. The Labute approximate surface area is 149 Å². The summed E-state index contributed by atoms with van der Waals surface area (Å²) >= 11 is 0. The summed E-state index contributed by atoms with van der Waals surface area (Å²) in [5.41, 5.74) is 1.31. The molecule has 0 bridgehead atoms. The van der Waals surface area contributed by atoms with Crippen LogP contribution in [0, 0.1) is 11.8 Å². The Hall–Kier alpha value is -1.58. The van der Waals surface area contributed by atoms with E-state index < -0.39 is 0 Å². The van der Waals surface area contributed by atoms with Crippen molar-refractivity contribution in [2.24, 2.45) is 11.8 Å². The zero-order valence-corrected chi connectivity index (χ0v) is 14.6. The third-order valence-corrected chi connectivity index (χ3v) is 5.29. The smallest absolute Gasteiger partial charge is 0.223 e. The van der Waals surface area contributed by atoms with E-state index in [1.54, 1.807) is 0 Å². The number of piperidine rings is 1. The van der Waals surface area contributed by atoms with Crippen LogP contribution in [0.3, 0.4) is 0 Å². The van der Waals surface area contributed by atoms with Crippen molar-refractivity contribution in [1.29, 1.82) is 0 Å². The molecular weight excluding hydrogens is 320 g/mol. The van der Waals surface area contributed by atoms with Gasteiger partial charge in [0.15, 0.2) is 0 Å². The number of benzene rings is 2. The van der Waals surface area contributed by atoms with Gasteiger partial charge in [-0.1, -0.05) is 42.5 Å². The van der Waals surface area contributed by atoms with Gasteiger partial charge in [-0.05, 0) is 60.5 Å². The van der Waals surface area contributed by atoms with E-state index in [9.17, 15) is 4.79 Å². The van der Waals surface area contributed by atoms with Crippen LogP contribution in [0.5, 0.6) is 0 Å². The zero-order chi connectivity index (χ0) is 15.6. The van der Waals surface area contributed by atoms with Crippen molar-refractivity contribution in [3.05, 3.63) is 48.0 Å². The number of halogens is 1. The highest BCUT2D eigenvalue weighted by Gasteiger charge is 2.43. The lowest BCUT2D eigenvalue weighted by Crippen LogP contribution is -2.38. The predicted octanol–water partition coefficient (Wildman–Crippen LogP) is 3.48. The van der Waals surface area contributed by atoms with Gasteiger partial charge in [-0.15, -0.1) is 12.4 Å². The minimum atomic E-state index is 0. The fourth-order valence-corrected chi connectivity index (χ4v) is 3.77. The molecule has 2 aromatic carbocycles. The van der Waals surface area contributed by atoms with Gasteiger partial charge >= 0.3 is 0 Å². The lowest BCUT2D eigenvalue weighted by Gasteiger charge is -2.22. The Kier molecular flexibility index (Phi) is 5.42. The van der Waals surface area contributed by atoms with Gasteiger partial charge in [0.25, 0.3) is 0 Å². The standard InChI is InChI=1S/C20H24N2O.ClH/c23-20(22-13-14-4-3-9-21-12-14)19-11-18(19)17-8-7-15-5-1-2-6-16(15)10-17;/h1-2,5-8,10,14,18-19,21H,3-4,9,11-13H2,(H,22,23);1H. The quantitative estimate of drug-likeness (QED) is 0.891. The highest BCUT2D eigenvalue weighted by molar-refractivity contribution is 5.86. The number of hydrogen-bond donors (Lipinski definition) is 2. The van der Waals surface area contributed by atoms with E-state index >= 15 is 0 Å². The van der Waals surface area contributed by atoms with Gasteiger partial charge < -0.3 is 10.6 Å². The van der Waals surface area contributed by atoms with Crippen LogP contribution < -0.4 is 10.6 Å². The fourth-order valence-electron chi connectivity index (χ4n) is 3.77. The number of rotatable bonds is 4. The molecule has 1 amide bonds. The summed E-state index contributed by atoms with van der Waals surface area (Å²) in [6, 6.07) is 15.0. The van der Waals surface area contributed by atoms with E-state index in [2.05, 4.69) is 53.1 Å². The predicted molar refractivity (Wildman–Crippen MR) is 101 cm³/mol. The summed E-state index contributed by atoms with van der Waals surface area (Å²) in [6.45, 7) is 2.99. The van der Waals surface area contributed by atoms with Crippen LogP contribution in [0.1, 0.15) is 30.7 Å². The van der Waals surface area contributed by atoms with E-state index in [0.717, 1.165) is 26.1 Å². The number of hydrogen-bond acceptors (Lipinski definition) is 2. The molecule has 1 saturated carbocycles. The molecule has 2 aromatic rings. The molecule has 3 atom stereocenters. The van der Waals surface area contributed by atoms with Gasteiger partial charge in [0, 0.05) is 12.5 Å². The van der Waals surface area contributed by atoms with Crippen molar-refractivity contribution in [3.63, 3.8) is 0 Å². The van der Waals surface area contributed by atoms with Crippen molar-refractivity contribution in [1.82, 2.24) is 10.6 Å². The van der Waals surface area contributed by atoms with Crippen LogP contribution in [-0.2, 0) is 4.79 Å².